The van der Waals surface area contributed by atoms with Gasteiger partial charge in [0.1, 0.15) is 0 Å². The van der Waals surface area contributed by atoms with Crippen LogP contribution in [0.4, 0.5) is 11.4 Å². The molecule has 2 aliphatic heterocycles. The van der Waals surface area contributed by atoms with Gasteiger partial charge in [0.15, 0.2) is 0 Å². The lowest BCUT2D eigenvalue weighted by molar-refractivity contribution is 0.584. The maximum Gasteiger partial charge on any atom is 0.333 e. The van der Waals surface area contributed by atoms with Crippen LogP contribution in [0.2, 0.25) is 0 Å². The molecule has 332 valence electrons. The molecule has 0 unspecified atom stereocenters. The molecule has 0 atom stereocenters. The molecule has 0 spiro atoms. The van der Waals surface area contributed by atoms with Crippen molar-refractivity contribution in [3.05, 3.63) is 184 Å². The van der Waals surface area contributed by atoms with E-state index in [1.54, 1.807) is 0 Å². The molecule has 1 aromatic heterocycles. The molecular weight excluding hydrogens is 820 g/mol. The predicted octanol–water partition coefficient (Wildman–Crippen LogP) is 15.5. The quantitative estimate of drug-likeness (QED) is 0.149. The summed E-state index contributed by atoms with van der Waals surface area (Å²) in [6.07, 6.45) is 0. The van der Waals surface area contributed by atoms with Crippen molar-refractivity contribution in [2.45, 2.75) is 110 Å². The second-order valence-electron chi connectivity index (χ2n) is 24.6. The first-order chi connectivity index (χ1) is 32.3. The van der Waals surface area contributed by atoms with Crippen LogP contribution in [-0.4, -0.2) is 11.4 Å². The van der Waals surface area contributed by atoms with Gasteiger partial charge in [-0.1, -0.05) is 180 Å². The highest BCUT2D eigenvalue weighted by Gasteiger charge is 2.48. The molecule has 0 amide bonds. The van der Waals surface area contributed by atoms with E-state index in [4.69, 9.17) is 0 Å². The van der Waals surface area contributed by atoms with Gasteiger partial charge in [-0.15, -0.1) is 0 Å². The summed E-state index contributed by atoms with van der Waals surface area (Å²) in [4.78, 5) is 2.75. The lowest BCUT2D eigenvalue weighted by Gasteiger charge is -2.43. The van der Waals surface area contributed by atoms with E-state index in [2.05, 4.69) is 232 Å². The van der Waals surface area contributed by atoms with Crippen molar-refractivity contribution in [1.29, 1.82) is 0 Å². The summed E-state index contributed by atoms with van der Waals surface area (Å²) >= 11 is 0. The topological polar surface area (TPSA) is 8.17 Å². The van der Waals surface area contributed by atoms with E-state index in [0.717, 1.165) is 0 Å². The first-order valence-electron chi connectivity index (χ1n) is 25.0. The average molecular weight is 879 g/mol. The van der Waals surface area contributed by atoms with E-state index in [1.807, 2.05) is 0 Å². The molecule has 3 aliphatic carbocycles. The summed E-state index contributed by atoms with van der Waals surface area (Å²) in [5.74, 6) is 0. The maximum absolute atomic E-state index is 2.75. The van der Waals surface area contributed by atoms with E-state index >= 15 is 0 Å². The van der Waals surface area contributed by atoms with E-state index in [9.17, 15) is 0 Å². The zero-order valence-corrected chi connectivity index (χ0v) is 41.8. The summed E-state index contributed by atoms with van der Waals surface area (Å²) in [7, 11) is 0. The lowest BCUT2D eigenvalue weighted by Crippen LogP contribution is -2.60. The zero-order chi connectivity index (χ0) is 46.9. The van der Waals surface area contributed by atoms with Crippen LogP contribution in [0.5, 0.6) is 0 Å². The average Bonchev–Trinajstić information content (AvgIpc) is 3.92. The van der Waals surface area contributed by atoms with Gasteiger partial charge < -0.3 is 9.38 Å². The lowest BCUT2D eigenvalue weighted by atomic mass is 9.43. The van der Waals surface area contributed by atoms with E-state index < -0.39 is 0 Å². The minimum absolute atomic E-state index is 0.0357. The van der Waals surface area contributed by atoms with Crippen LogP contribution in [0, 0.1) is 0 Å². The molecule has 2 nitrogen and oxygen atoms in total. The first kappa shape index (κ1) is 40.5. The van der Waals surface area contributed by atoms with Crippen molar-refractivity contribution in [2.75, 3.05) is 4.81 Å². The number of hydrogen-bond donors (Lipinski definition) is 0. The van der Waals surface area contributed by atoms with Gasteiger partial charge in [0.05, 0.1) is 11.0 Å². The Morgan fingerprint density at radius 3 is 1.56 bits per heavy atom. The number of rotatable bonds is 1. The van der Waals surface area contributed by atoms with Gasteiger partial charge in [-0.25, -0.2) is 0 Å². The monoisotopic (exact) mass is 878 g/mol. The normalized spacial score (nSPS) is 16.8. The predicted molar refractivity (Wildman–Crippen MR) is 290 cm³/mol. The molecule has 0 saturated carbocycles. The summed E-state index contributed by atoms with van der Waals surface area (Å²) in [5, 5.41) is 2.67. The molecule has 9 aromatic rings. The van der Waals surface area contributed by atoms with Crippen LogP contribution in [-0.2, 0) is 27.1 Å². The number of aromatic nitrogens is 1. The Morgan fingerprint density at radius 2 is 0.912 bits per heavy atom. The van der Waals surface area contributed by atoms with Gasteiger partial charge in [0, 0.05) is 49.6 Å². The maximum atomic E-state index is 2.75. The van der Waals surface area contributed by atoms with Crippen molar-refractivity contribution < 1.29 is 0 Å². The minimum atomic E-state index is -0.162. The second kappa shape index (κ2) is 12.5. The van der Waals surface area contributed by atoms with Gasteiger partial charge in [-0.2, -0.15) is 0 Å². The number of nitrogens with zero attached hydrogens (tertiary/aromatic N) is 2. The molecule has 0 bridgehead atoms. The van der Waals surface area contributed by atoms with Crippen molar-refractivity contribution in [3.63, 3.8) is 0 Å². The Kier molecular flexibility index (Phi) is 7.47. The van der Waals surface area contributed by atoms with E-state index in [1.165, 1.54) is 139 Å². The highest BCUT2D eigenvalue weighted by Crippen LogP contribution is 2.57. The van der Waals surface area contributed by atoms with Crippen LogP contribution >= 0.6 is 0 Å². The fourth-order valence-corrected chi connectivity index (χ4v) is 13.9. The summed E-state index contributed by atoms with van der Waals surface area (Å²) in [6, 6.07) is 55.7. The Labute approximate surface area is 402 Å². The first-order valence-corrected chi connectivity index (χ1v) is 25.0. The SMILES string of the molecule is CC(C)(C)c1ccc(N2B3c4cc5c(cc4-n4c6cc7c(cc6c6ccc(c3c64)-c3cc4c(cc32)-c2ccc(C(C)(C)C)cc2C4(C)C)C(C)(C)c2ccccc2-7)-c2ccccc2C5(C)C)cc1. The summed E-state index contributed by atoms with van der Waals surface area (Å²) in [5.41, 5.74) is 30.9. The fourth-order valence-electron chi connectivity index (χ4n) is 13.9. The number of fused-ring (bicyclic) bond motifs is 17. The van der Waals surface area contributed by atoms with Crippen LogP contribution in [0.3, 0.4) is 0 Å². The Morgan fingerprint density at radius 1 is 0.397 bits per heavy atom. The van der Waals surface area contributed by atoms with Gasteiger partial charge in [0.25, 0.3) is 0 Å². The van der Waals surface area contributed by atoms with Gasteiger partial charge in [-0.05, 0) is 148 Å². The second-order valence-corrected chi connectivity index (χ2v) is 24.6. The molecule has 3 heteroatoms. The van der Waals surface area contributed by atoms with E-state index in [0.29, 0.717) is 0 Å². The molecule has 14 rings (SSSR count). The minimum Gasteiger partial charge on any atom is -0.376 e. The van der Waals surface area contributed by atoms with Gasteiger partial charge in [-0.3, -0.25) is 0 Å². The molecule has 0 radical (unpaired) electrons. The van der Waals surface area contributed by atoms with Crippen molar-refractivity contribution in [1.82, 2.24) is 4.57 Å². The molecule has 0 saturated heterocycles. The number of hydrogen-bond acceptors (Lipinski definition) is 1. The van der Waals surface area contributed by atoms with Crippen molar-refractivity contribution >= 4 is 51.0 Å². The Hall–Kier alpha value is -6.58. The van der Waals surface area contributed by atoms with E-state index in [-0.39, 0.29) is 33.9 Å². The van der Waals surface area contributed by atoms with Crippen LogP contribution in [0.15, 0.2) is 140 Å². The largest absolute Gasteiger partial charge is 0.376 e. The Balaban J connectivity index is 1.13. The zero-order valence-electron chi connectivity index (χ0n) is 41.8. The van der Waals surface area contributed by atoms with Crippen LogP contribution in [0.1, 0.15) is 128 Å². The van der Waals surface area contributed by atoms with Crippen LogP contribution < -0.4 is 15.7 Å². The molecule has 8 aromatic carbocycles. The third kappa shape index (κ3) is 4.90. The third-order valence-corrected chi connectivity index (χ3v) is 17.7. The smallest absolute Gasteiger partial charge is 0.333 e. The summed E-state index contributed by atoms with van der Waals surface area (Å²) in [6.45, 7) is 28.5. The summed E-state index contributed by atoms with van der Waals surface area (Å²) < 4.78 is 2.70. The van der Waals surface area contributed by atoms with Gasteiger partial charge >= 0.3 is 6.85 Å². The molecule has 0 N–H and O–H groups in total. The number of benzene rings is 8. The van der Waals surface area contributed by atoms with Crippen molar-refractivity contribution in [2.24, 2.45) is 0 Å². The standard InChI is InChI=1S/C65H59BN2/c1-61(2,3)36-21-24-38(25-22-36)68-57-33-45-41-26-23-37(62(4,5)6)29-51(41)65(11,12)53(45)30-47(57)42-27-28-43-48-31-52-44(39-17-13-15-19-49(39)63(52,7)8)32-56(48)67-58-34-46-40-18-14-16-20-50(40)64(9,10)54(46)35-55(58)66(68)59(42)60(43)67/h13-35H,1-12H3. The third-order valence-electron chi connectivity index (χ3n) is 17.7. The highest BCUT2D eigenvalue weighted by molar-refractivity contribution is 6.93. The van der Waals surface area contributed by atoms with Crippen LogP contribution in [0.25, 0.3) is 72.0 Å². The number of anilines is 2. The molecule has 5 aliphatic rings. The highest BCUT2D eigenvalue weighted by atomic mass is 15.1. The molecule has 0 fully saturated rings. The fraction of sp³-hybridized carbons (Fsp3) is 0.262. The Bertz CT molecular complexity index is 3780. The molecule has 68 heavy (non-hydrogen) atoms. The van der Waals surface area contributed by atoms with Gasteiger partial charge in [0.2, 0.25) is 0 Å². The molecule has 3 heterocycles. The molecular formula is C65H59BN2. The van der Waals surface area contributed by atoms with Crippen molar-refractivity contribution in [3.8, 4) is 50.2 Å².